The number of fused-ring (bicyclic) bond motifs is 1. The van der Waals surface area contributed by atoms with Crippen molar-refractivity contribution >= 4 is 29.2 Å². The normalized spacial score (nSPS) is 15.5. The molecule has 0 atom stereocenters. The number of methoxy groups -OCH3 is 2. The number of hydrazone groups is 1. The minimum absolute atomic E-state index is 0.118. The second-order valence-electron chi connectivity index (χ2n) is 7.71. The Morgan fingerprint density at radius 1 is 0.970 bits per heavy atom. The van der Waals surface area contributed by atoms with Crippen LogP contribution in [0.2, 0.25) is 0 Å². The van der Waals surface area contributed by atoms with E-state index in [1.807, 2.05) is 18.2 Å². The van der Waals surface area contributed by atoms with E-state index < -0.39 is 5.97 Å². The number of anilines is 1. The molecule has 0 aromatic heterocycles. The van der Waals surface area contributed by atoms with Crippen molar-refractivity contribution in [2.75, 3.05) is 32.4 Å². The van der Waals surface area contributed by atoms with Crippen LogP contribution in [-0.2, 0) is 32.1 Å². The molecule has 2 aliphatic heterocycles. The minimum Gasteiger partial charge on any atom is -0.493 e. The molecule has 0 saturated carbocycles. The van der Waals surface area contributed by atoms with E-state index in [0.717, 1.165) is 11.1 Å². The zero-order chi connectivity index (χ0) is 23.4. The molecule has 9 nitrogen and oxygen atoms in total. The van der Waals surface area contributed by atoms with Crippen LogP contribution >= 0.6 is 0 Å². The summed E-state index contributed by atoms with van der Waals surface area (Å²) in [6.07, 6.45) is 0.981. The van der Waals surface area contributed by atoms with E-state index in [1.165, 1.54) is 5.01 Å². The van der Waals surface area contributed by atoms with Crippen molar-refractivity contribution in [2.24, 2.45) is 5.10 Å². The molecule has 0 saturated heterocycles. The second kappa shape index (κ2) is 9.72. The molecule has 2 aliphatic rings. The van der Waals surface area contributed by atoms with Gasteiger partial charge in [0.2, 0.25) is 5.91 Å². The van der Waals surface area contributed by atoms with Gasteiger partial charge in [-0.05, 0) is 41.8 Å². The first-order valence-corrected chi connectivity index (χ1v) is 10.6. The predicted molar refractivity (Wildman–Crippen MR) is 120 cm³/mol. The standard InChI is InChI=1S/C24H25N3O6/c1-31-20-12-16-10-11-26(14-17(16)13-21(20)32-2)23(29)15-33-24(30)19-8-9-22(28)27(25-19)18-6-4-3-5-7-18/h3-7,12-13H,8-11,14-15H2,1-2H3. The van der Waals surface area contributed by atoms with Gasteiger partial charge in [-0.3, -0.25) is 9.59 Å². The van der Waals surface area contributed by atoms with Gasteiger partial charge in [-0.1, -0.05) is 18.2 Å². The maximum atomic E-state index is 12.7. The van der Waals surface area contributed by atoms with E-state index in [9.17, 15) is 14.4 Å². The van der Waals surface area contributed by atoms with Crippen LogP contribution in [0.1, 0.15) is 24.0 Å². The van der Waals surface area contributed by atoms with E-state index in [1.54, 1.807) is 43.4 Å². The molecule has 2 aromatic rings. The Kier molecular flexibility index (Phi) is 6.58. The Bertz CT molecular complexity index is 1100. The Morgan fingerprint density at radius 2 is 1.67 bits per heavy atom. The summed E-state index contributed by atoms with van der Waals surface area (Å²) >= 11 is 0. The highest BCUT2D eigenvalue weighted by Gasteiger charge is 2.28. The summed E-state index contributed by atoms with van der Waals surface area (Å²) in [4.78, 5) is 39.1. The number of carbonyl (C=O) groups excluding carboxylic acids is 3. The van der Waals surface area contributed by atoms with Crippen molar-refractivity contribution in [2.45, 2.75) is 25.8 Å². The Morgan fingerprint density at radius 3 is 2.36 bits per heavy atom. The monoisotopic (exact) mass is 451 g/mol. The summed E-state index contributed by atoms with van der Waals surface area (Å²) in [5.41, 5.74) is 2.75. The van der Waals surface area contributed by atoms with E-state index in [0.29, 0.717) is 36.7 Å². The number of hydrogen-bond acceptors (Lipinski definition) is 7. The highest BCUT2D eigenvalue weighted by molar-refractivity contribution is 6.38. The van der Waals surface area contributed by atoms with Gasteiger partial charge in [0.1, 0.15) is 5.71 Å². The minimum atomic E-state index is -0.694. The highest BCUT2D eigenvalue weighted by Crippen LogP contribution is 2.33. The van der Waals surface area contributed by atoms with Crippen LogP contribution in [0.5, 0.6) is 11.5 Å². The van der Waals surface area contributed by atoms with Crippen molar-refractivity contribution in [1.82, 2.24) is 4.90 Å². The summed E-state index contributed by atoms with van der Waals surface area (Å²) in [6.45, 7) is 0.513. The molecule has 172 valence electrons. The molecular weight excluding hydrogens is 426 g/mol. The summed E-state index contributed by atoms with van der Waals surface area (Å²) in [6, 6.07) is 12.7. The first-order valence-electron chi connectivity index (χ1n) is 10.6. The largest absolute Gasteiger partial charge is 0.493 e. The number of ether oxygens (including phenoxy) is 3. The zero-order valence-corrected chi connectivity index (χ0v) is 18.6. The average molecular weight is 451 g/mol. The molecule has 33 heavy (non-hydrogen) atoms. The lowest BCUT2D eigenvalue weighted by atomic mass is 9.99. The summed E-state index contributed by atoms with van der Waals surface area (Å²) in [5.74, 6) is 0.0655. The molecule has 0 aliphatic carbocycles. The summed E-state index contributed by atoms with van der Waals surface area (Å²) in [5, 5.41) is 5.36. The third-order valence-corrected chi connectivity index (χ3v) is 5.67. The van der Waals surface area contributed by atoms with Crippen LogP contribution in [0.15, 0.2) is 47.6 Å². The van der Waals surface area contributed by atoms with Crippen LogP contribution in [0.25, 0.3) is 0 Å². The van der Waals surface area contributed by atoms with Gasteiger partial charge in [-0.2, -0.15) is 5.10 Å². The van der Waals surface area contributed by atoms with Crippen LogP contribution < -0.4 is 14.5 Å². The van der Waals surface area contributed by atoms with Crippen molar-refractivity contribution in [3.05, 3.63) is 53.6 Å². The zero-order valence-electron chi connectivity index (χ0n) is 18.6. The average Bonchev–Trinajstić information content (AvgIpc) is 2.86. The highest BCUT2D eigenvalue weighted by atomic mass is 16.5. The lowest BCUT2D eigenvalue weighted by molar-refractivity contribution is -0.147. The molecule has 2 amide bonds. The van der Waals surface area contributed by atoms with Crippen molar-refractivity contribution in [3.8, 4) is 11.5 Å². The lowest BCUT2D eigenvalue weighted by Crippen LogP contribution is -2.40. The molecule has 2 aromatic carbocycles. The SMILES string of the molecule is COc1cc2c(cc1OC)CN(C(=O)COC(=O)C1=NN(c3ccccc3)C(=O)CC1)CC2. The molecule has 2 heterocycles. The van der Waals surface area contributed by atoms with Crippen LogP contribution in [0, 0.1) is 0 Å². The summed E-state index contributed by atoms with van der Waals surface area (Å²) in [7, 11) is 3.15. The lowest BCUT2D eigenvalue weighted by Gasteiger charge is -2.29. The predicted octanol–water partition coefficient (Wildman–Crippen LogP) is 2.31. The van der Waals surface area contributed by atoms with Crippen LogP contribution in [0.3, 0.4) is 0 Å². The second-order valence-corrected chi connectivity index (χ2v) is 7.71. The van der Waals surface area contributed by atoms with Crippen LogP contribution in [-0.4, -0.2) is 55.8 Å². The summed E-state index contributed by atoms with van der Waals surface area (Å²) < 4.78 is 15.9. The van der Waals surface area contributed by atoms with Gasteiger partial charge >= 0.3 is 5.97 Å². The number of amides is 2. The Balaban J connectivity index is 1.38. The van der Waals surface area contributed by atoms with Crippen molar-refractivity contribution in [1.29, 1.82) is 0 Å². The van der Waals surface area contributed by atoms with Gasteiger partial charge in [0, 0.05) is 25.9 Å². The Labute approximate surface area is 191 Å². The van der Waals surface area contributed by atoms with Crippen LogP contribution in [0.4, 0.5) is 5.69 Å². The number of esters is 1. The number of rotatable bonds is 6. The molecular formula is C24H25N3O6. The molecule has 0 fully saturated rings. The molecule has 0 bridgehead atoms. The van der Waals surface area contributed by atoms with E-state index in [-0.39, 0.29) is 37.0 Å². The van der Waals surface area contributed by atoms with E-state index in [2.05, 4.69) is 5.10 Å². The van der Waals surface area contributed by atoms with Gasteiger partial charge in [0.25, 0.3) is 5.91 Å². The molecule has 0 spiro atoms. The molecule has 9 heteroatoms. The van der Waals surface area contributed by atoms with Crippen molar-refractivity contribution in [3.63, 3.8) is 0 Å². The third kappa shape index (κ3) is 4.82. The number of benzene rings is 2. The van der Waals surface area contributed by atoms with Gasteiger partial charge in [-0.15, -0.1) is 0 Å². The van der Waals surface area contributed by atoms with Gasteiger partial charge in [0.15, 0.2) is 18.1 Å². The fourth-order valence-corrected chi connectivity index (χ4v) is 3.87. The topological polar surface area (TPSA) is 97.7 Å². The maximum absolute atomic E-state index is 12.7. The van der Waals surface area contributed by atoms with E-state index in [4.69, 9.17) is 14.2 Å². The first kappa shape index (κ1) is 22.3. The van der Waals surface area contributed by atoms with Gasteiger partial charge in [-0.25, -0.2) is 9.80 Å². The molecule has 0 unspecified atom stereocenters. The third-order valence-electron chi connectivity index (χ3n) is 5.67. The maximum Gasteiger partial charge on any atom is 0.355 e. The molecule has 4 rings (SSSR count). The number of para-hydroxylation sites is 1. The molecule has 0 N–H and O–H groups in total. The smallest absolute Gasteiger partial charge is 0.355 e. The fraction of sp³-hybridized carbons (Fsp3) is 0.333. The Hall–Kier alpha value is -3.88. The van der Waals surface area contributed by atoms with E-state index >= 15 is 0 Å². The van der Waals surface area contributed by atoms with Crippen molar-refractivity contribution < 1.29 is 28.6 Å². The number of carbonyl (C=O) groups is 3. The van der Waals surface area contributed by atoms with Gasteiger partial charge in [0.05, 0.1) is 19.9 Å². The first-order chi connectivity index (χ1) is 16.0. The number of hydrogen-bond donors (Lipinski definition) is 0. The fourth-order valence-electron chi connectivity index (χ4n) is 3.87. The quantitative estimate of drug-likeness (QED) is 0.626. The molecule has 0 radical (unpaired) electrons. The number of nitrogens with zero attached hydrogens (tertiary/aromatic N) is 3. The van der Waals surface area contributed by atoms with Gasteiger partial charge < -0.3 is 19.1 Å².